The summed E-state index contributed by atoms with van der Waals surface area (Å²) in [5, 5.41) is 2.51. The van der Waals surface area contributed by atoms with E-state index in [-0.39, 0.29) is 21.9 Å². The molecule has 1 N–H and O–H groups in total. The number of sulfonamides is 1. The number of amides is 1. The third kappa shape index (κ3) is 5.03. The average molecular weight is 444 g/mol. The zero-order valence-corrected chi connectivity index (χ0v) is 16.7. The molecule has 30 heavy (non-hydrogen) atoms. The van der Waals surface area contributed by atoms with E-state index in [0.717, 1.165) is 25.0 Å². The molecule has 3 rings (SSSR count). The molecule has 7 nitrogen and oxygen atoms in total. The largest absolute Gasteiger partial charge is 0.573 e. The van der Waals surface area contributed by atoms with Crippen LogP contribution in [0, 0.1) is 0 Å². The molecule has 0 spiro atoms. The van der Waals surface area contributed by atoms with Crippen molar-refractivity contribution in [2.24, 2.45) is 0 Å². The molecular formula is C19H19F3N2O5S. The number of nitrogens with zero attached hydrogens (tertiary/aromatic N) is 1. The summed E-state index contributed by atoms with van der Waals surface area (Å²) < 4.78 is 72.8. The van der Waals surface area contributed by atoms with E-state index < -0.39 is 28.0 Å². The van der Waals surface area contributed by atoms with Crippen molar-refractivity contribution < 1.29 is 35.9 Å². The highest BCUT2D eigenvalue weighted by atomic mass is 32.2. The van der Waals surface area contributed by atoms with Crippen LogP contribution in [0.2, 0.25) is 0 Å². The van der Waals surface area contributed by atoms with E-state index in [1.54, 1.807) is 0 Å². The Balaban J connectivity index is 1.81. The first-order valence-electron chi connectivity index (χ1n) is 8.95. The average Bonchev–Trinajstić information content (AvgIpc) is 3.23. The fourth-order valence-electron chi connectivity index (χ4n) is 3.03. The number of carbonyl (C=O) groups excluding carboxylic acids is 1. The van der Waals surface area contributed by atoms with Crippen LogP contribution in [0.1, 0.15) is 23.2 Å². The van der Waals surface area contributed by atoms with E-state index in [4.69, 9.17) is 4.74 Å². The number of benzene rings is 2. The van der Waals surface area contributed by atoms with E-state index in [9.17, 15) is 26.4 Å². The quantitative estimate of drug-likeness (QED) is 0.736. The van der Waals surface area contributed by atoms with Crippen LogP contribution in [0.4, 0.5) is 18.9 Å². The van der Waals surface area contributed by atoms with Crippen molar-refractivity contribution >= 4 is 21.6 Å². The first kappa shape index (κ1) is 21.9. The lowest BCUT2D eigenvalue weighted by atomic mass is 10.2. The molecule has 0 unspecified atom stereocenters. The summed E-state index contributed by atoms with van der Waals surface area (Å²) in [5.41, 5.74) is 0.276. The molecule has 11 heteroatoms. The molecular weight excluding hydrogens is 425 g/mol. The van der Waals surface area contributed by atoms with Gasteiger partial charge in [0.1, 0.15) is 16.4 Å². The minimum absolute atomic E-state index is 0.0594. The van der Waals surface area contributed by atoms with Gasteiger partial charge in [-0.2, -0.15) is 4.31 Å². The molecule has 1 fully saturated rings. The van der Waals surface area contributed by atoms with Gasteiger partial charge < -0.3 is 14.8 Å². The number of halogens is 3. The zero-order valence-electron chi connectivity index (χ0n) is 15.9. The number of rotatable bonds is 6. The second-order valence-corrected chi connectivity index (χ2v) is 8.41. The van der Waals surface area contributed by atoms with Crippen LogP contribution in [0.25, 0.3) is 0 Å². The lowest BCUT2D eigenvalue weighted by Crippen LogP contribution is -2.28. The number of nitrogens with one attached hydrogen (secondary N) is 1. The minimum Gasteiger partial charge on any atom is -0.495 e. The van der Waals surface area contributed by atoms with Gasteiger partial charge in [-0.15, -0.1) is 13.2 Å². The summed E-state index contributed by atoms with van der Waals surface area (Å²) in [4.78, 5) is 12.4. The fourth-order valence-corrected chi connectivity index (χ4v) is 4.73. The third-order valence-corrected chi connectivity index (χ3v) is 6.37. The molecule has 162 valence electrons. The highest BCUT2D eigenvalue weighted by Crippen LogP contribution is 2.30. The van der Waals surface area contributed by atoms with Gasteiger partial charge in [-0.3, -0.25) is 4.79 Å². The molecule has 0 atom stereocenters. The molecule has 2 aromatic carbocycles. The molecule has 0 radical (unpaired) electrons. The maximum absolute atomic E-state index is 12.9. The van der Waals surface area contributed by atoms with Crippen molar-refractivity contribution in [3.8, 4) is 11.5 Å². The van der Waals surface area contributed by atoms with Gasteiger partial charge in [0, 0.05) is 24.3 Å². The van der Waals surface area contributed by atoms with Crippen molar-refractivity contribution in [2.75, 3.05) is 25.5 Å². The molecule has 1 aliphatic rings. The van der Waals surface area contributed by atoms with E-state index >= 15 is 0 Å². The monoisotopic (exact) mass is 444 g/mol. The van der Waals surface area contributed by atoms with Crippen molar-refractivity contribution in [3.63, 3.8) is 0 Å². The number of hydrogen-bond acceptors (Lipinski definition) is 5. The van der Waals surface area contributed by atoms with Gasteiger partial charge >= 0.3 is 6.36 Å². The maximum Gasteiger partial charge on any atom is 0.573 e. The van der Waals surface area contributed by atoms with Gasteiger partial charge in [-0.25, -0.2) is 8.42 Å². The van der Waals surface area contributed by atoms with Crippen molar-refractivity contribution in [1.29, 1.82) is 0 Å². The van der Waals surface area contributed by atoms with E-state index in [0.29, 0.717) is 13.1 Å². The van der Waals surface area contributed by atoms with E-state index in [2.05, 4.69) is 10.1 Å². The Morgan fingerprint density at radius 3 is 2.27 bits per heavy atom. The molecule has 0 aromatic heterocycles. The minimum atomic E-state index is -4.81. The molecule has 0 bridgehead atoms. The number of anilines is 1. The summed E-state index contributed by atoms with van der Waals surface area (Å²) in [6, 6.07) is 8.61. The zero-order chi connectivity index (χ0) is 21.9. The number of methoxy groups -OCH3 is 1. The molecule has 0 aliphatic carbocycles. The van der Waals surface area contributed by atoms with Crippen LogP contribution in [-0.2, 0) is 10.0 Å². The Morgan fingerprint density at radius 1 is 1.07 bits per heavy atom. The van der Waals surface area contributed by atoms with Crippen LogP contribution in [0.15, 0.2) is 47.4 Å². The predicted molar refractivity (Wildman–Crippen MR) is 102 cm³/mol. The van der Waals surface area contributed by atoms with Crippen molar-refractivity contribution in [2.45, 2.75) is 24.1 Å². The Labute approximate surface area is 171 Å². The number of alkyl halides is 3. The van der Waals surface area contributed by atoms with Gasteiger partial charge in [0.05, 0.1) is 7.11 Å². The standard InChI is InChI=1S/C19H19F3N2O5S/c1-28-16-9-4-13(12-17(16)30(26,27)24-10-2-3-11-24)18(25)23-14-5-7-15(8-6-14)29-19(20,21)22/h4-9,12H,2-3,10-11H2,1H3,(H,23,25). The van der Waals surface area contributed by atoms with Crippen LogP contribution in [0.5, 0.6) is 11.5 Å². The van der Waals surface area contributed by atoms with Gasteiger partial charge in [0.25, 0.3) is 5.91 Å². The van der Waals surface area contributed by atoms with E-state index in [1.807, 2.05) is 0 Å². The Morgan fingerprint density at radius 2 is 1.70 bits per heavy atom. The summed E-state index contributed by atoms with van der Waals surface area (Å²) in [6.45, 7) is 0.794. The SMILES string of the molecule is COc1ccc(C(=O)Nc2ccc(OC(F)(F)F)cc2)cc1S(=O)(=O)N1CCCC1. The maximum atomic E-state index is 12.9. The molecule has 0 saturated carbocycles. The first-order chi connectivity index (χ1) is 14.1. The highest BCUT2D eigenvalue weighted by molar-refractivity contribution is 7.89. The van der Waals surface area contributed by atoms with Gasteiger partial charge in [-0.1, -0.05) is 0 Å². The molecule has 1 aliphatic heterocycles. The summed E-state index contributed by atoms with van der Waals surface area (Å²) in [6.07, 6.45) is -3.30. The Hall–Kier alpha value is -2.79. The van der Waals surface area contributed by atoms with E-state index in [1.165, 1.54) is 41.7 Å². The van der Waals surface area contributed by atoms with Gasteiger partial charge in [0.15, 0.2) is 0 Å². The van der Waals surface area contributed by atoms with Gasteiger partial charge in [-0.05, 0) is 55.3 Å². The second kappa shape index (κ2) is 8.52. The van der Waals surface area contributed by atoms with Crippen LogP contribution in [-0.4, -0.2) is 45.2 Å². The fraction of sp³-hybridized carbons (Fsp3) is 0.316. The van der Waals surface area contributed by atoms with Crippen molar-refractivity contribution in [3.05, 3.63) is 48.0 Å². The summed E-state index contributed by atoms with van der Waals surface area (Å²) >= 11 is 0. The highest BCUT2D eigenvalue weighted by Gasteiger charge is 2.32. The lowest BCUT2D eigenvalue weighted by molar-refractivity contribution is -0.274. The molecule has 1 heterocycles. The third-order valence-electron chi connectivity index (χ3n) is 4.45. The van der Waals surface area contributed by atoms with Crippen LogP contribution < -0.4 is 14.8 Å². The molecule has 1 saturated heterocycles. The van der Waals surface area contributed by atoms with Crippen LogP contribution in [0.3, 0.4) is 0 Å². The summed E-state index contributed by atoms with van der Waals surface area (Å²) in [5.74, 6) is -0.934. The number of hydrogen-bond donors (Lipinski definition) is 1. The van der Waals surface area contributed by atoms with Gasteiger partial charge in [0.2, 0.25) is 10.0 Å². The summed E-state index contributed by atoms with van der Waals surface area (Å²) in [7, 11) is -2.49. The topological polar surface area (TPSA) is 84.9 Å². The lowest BCUT2D eigenvalue weighted by Gasteiger charge is -2.18. The smallest absolute Gasteiger partial charge is 0.495 e. The van der Waals surface area contributed by atoms with Crippen molar-refractivity contribution in [1.82, 2.24) is 4.31 Å². The normalized spacial score (nSPS) is 15.1. The molecule has 1 amide bonds. The second-order valence-electron chi connectivity index (χ2n) is 6.50. The number of carbonyl (C=O) groups is 1. The first-order valence-corrected chi connectivity index (χ1v) is 10.4. The predicted octanol–water partition coefficient (Wildman–Crippen LogP) is 3.63. The Bertz CT molecular complexity index is 1020. The molecule has 2 aromatic rings. The number of ether oxygens (including phenoxy) is 2. The van der Waals surface area contributed by atoms with Crippen LogP contribution >= 0.6 is 0 Å². The Kier molecular flexibility index (Phi) is 6.22.